The summed E-state index contributed by atoms with van der Waals surface area (Å²) in [6.07, 6.45) is 2.43. The molecule has 5 heteroatoms. The SMILES string of the molecule is O=C1OC(=O)C2C1C1CCC2(C(=O)O)CC1. The van der Waals surface area contributed by atoms with Gasteiger partial charge in [0.1, 0.15) is 0 Å². The van der Waals surface area contributed by atoms with E-state index in [9.17, 15) is 19.5 Å². The van der Waals surface area contributed by atoms with Crippen molar-refractivity contribution in [2.45, 2.75) is 25.7 Å². The van der Waals surface area contributed by atoms with Crippen molar-refractivity contribution < 1.29 is 24.2 Å². The number of carboxylic acid groups (broad SMARTS) is 1. The summed E-state index contributed by atoms with van der Waals surface area (Å²) < 4.78 is 4.62. The van der Waals surface area contributed by atoms with Crippen molar-refractivity contribution in [1.29, 1.82) is 0 Å². The zero-order valence-electron chi connectivity index (χ0n) is 8.64. The first-order valence-electron chi connectivity index (χ1n) is 5.55. The maximum atomic E-state index is 11.6. The van der Waals surface area contributed by atoms with Crippen LogP contribution in [-0.2, 0) is 19.1 Å². The molecule has 0 radical (unpaired) electrons. The lowest BCUT2D eigenvalue weighted by atomic mass is 9.51. The van der Waals surface area contributed by atoms with Crippen LogP contribution in [0.25, 0.3) is 0 Å². The lowest BCUT2D eigenvalue weighted by molar-refractivity contribution is -0.170. The van der Waals surface area contributed by atoms with Crippen molar-refractivity contribution in [3.63, 3.8) is 0 Å². The van der Waals surface area contributed by atoms with Crippen LogP contribution in [0.15, 0.2) is 0 Å². The van der Waals surface area contributed by atoms with Crippen molar-refractivity contribution in [3.8, 4) is 0 Å². The first kappa shape index (κ1) is 9.81. The molecule has 0 aromatic rings. The Hall–Kier alpha value is -1.39. The topological polar surface area (TPSA) is 80.7 Å². The zero-order chi connectivity index (χ0) is 11.5. The van der Waals surface area contributed by atoms with E-state index in [-0.39, 0.29) is 5.92 Å². The van der Waals surface area contributed by atoms with Gasteiger partial charge in [-0.3, -0.25) is 14.4 Å². The van der Waals surface area contributed by atoms with Gasteiger partial charge in [0.2, 0.25) is 0 Å². The third-order valence-electron chi connectivity index (χ3n) is 4.54. The minimum atomic E-state index is -1.04. The second-order valence-corrected chi connectivity index (χ2v) is 5.04. The summed E-state index contributed by atoms with van der Waals surface area (Å²) >= 11 is 0. The van der Waals surface area contributed by atoms with Gasteiger partial charge < -0.3 is 9.84 Å². The smallest absolute Gasteiger partial charge is 0.318 e. The van der Waals surface area contributed by atoms with Gasteiger partial charge in [-0.15, -0.1) is 0 Å². The van der Waals surface area contributed by atoms with Crippen LogP contribution in [0.1, 0.15) is 25.7 Å². The highest BCUT2D eigenvalue weighted by Gasteiger charge is 2.66. The fourth-order valence-corrected chi connectivity index (χ4v) is 3.72. The zero-order valence-corrected chi connectivity index (χ0v) is 8.64. The molecular weight excluding hydrogens is 212 g/mol. The molecule has 1 heterocycles. The molecule has 0 aromatic heterocycles. The predicted octanol–water partition coefficient (Wildman–Crippen LogP) is 0.577. The van der Waals surface area contributed by atoms with E-state index in [2.05, 4.69) is 4.74 Å². The van der Waals surface area contributed by atoms with E-state index in [4.69, 9.17) is 0 Å². The van der Waals surface area contributed by atoms with E-state index < -0.39 is 35.2 Å². The Balaban J connectivity index is 2.10. The van der Waals surface area contributed by atoms with Gasteiger partial charge in [0.05, 0.1) is 17.3 Å². The number of rotatable bonds is 1. The summed E-state index contributed by atoms with van der Waals surface area (Å²) in [6, 6.07) is 0. The van der Waals surface area contributed by atoms with Gasteiger partial charge in [-0.2, -0.15) is 0 Å². The van der Waals surface area contributed by atoms with Crippen LogP contribution in [0, 0.1) is 23.2 Å². The molecule has 2 bridgehead atoms. The fraction of sp³-hybridized carbons (Fsp3) is 0.727. The number of carbonyl (C=O) groups is 3. The molecule has 0 spiro atoms. The van der Waals surface area contributed by atoms with E-state index in [1.54, 1.807) is 0 Å². The highest BCUT2D eigenvalue weighted by atomic mass is 16.6. The molecule has 16 heavy (non-hydrogen) atoms. The second kappa shape index (κ2) is 2.84. The van der Waals surface area contributed by atoms with Crippen LogP contribution >= 0.6 is 0 Å². The fourth-order valence-electron chi connectivity index (χ4n) is 3.72. The number of hydrogen-bond donors (Lipinski definition) is 1. The largest absolute Gasteiger partial charge is 0.481 e. The maximum Gasteiger partial charge on any atom is 0.318 e. The number of aliphatic carboxylic acids is 1. The van der Waals surface area contributed by atoms with Crippen molar-refractivity contribution >= 4 is 17.9 Å². The Morgan fingerprint density at radius 3 is 2.44 bits per heavy atom. The molecule has 1 aliphatic heterocycles. The molecule has 4 aliphatic rings. The number of hydrogen-bond acceptors (Lipinski definition) is 4. The van der Waals surface area contributed by atoms with Crippen molar-refractivity contribution in [2.75, 3.05) is 0 Å². The number of cyclic esters (lactones) is 2. The molecule has 3 aliphatic carbocycles. The summed E-state index contributed by atoms with van der Waals surface area (Å²) in [5.41, 5.74) is -1.04. The van der Waals surface area contributed by atoms with Crippen LogP contribution < -0.4 is 0 Å². The van der Waals surface area contributed by atoms with E-state index >= 15 is 0 Å². The number of ether oxygens (including phenoxy) is 1. The second-order valence-electron chi connectivity index (χ2n) is 5.04. The van der Waals surface area contributed by atoms with E-state index in [0.29, 0.717) is 12.8 Å². The molecule has 2 atom stereocenters. The van der Waals surface area contributed by atoms with Crippen molar-refractivity contribution in [3.05, 3.63) is 0 Å². The first-order valence-corrected chi connectivity index (χ1v) is 5.55. The Kier molecular flexibility index (Phi) is 1.74. The van der Waals surface area contributed by atoms with Gasteiger partial charge >= 0.3 is 17.9 Å². The van der Waals surface area contributed by atoms with Crippen LogP contribution in [0.4, 0.5) is 0 Å². The molecule has 5 nitrogen and oxygen atoms in total. The van der Waals surface area contributed by atoms with Gasteiger partial charge in [-0.1, -0.05) is 0 Å². The Morgan fingerprint density at radius 2 is 1.88 bits per heavy atom. The molecule has 0 amide bonds. The average molecular weight is 224 g/mol. The van der Waals surface area contributed by atoms with E-state index in [1.807, 2.05) is 0 Å². The molecule has 4 fully saturated rings. The molecule has 2 unspecified atom stereocenters. The Labute approximate surface area is 91.8 Å². The molecule has 86 valence electrons. The van der Waals surface area contributed by atoms with Gasteiger partial charge in [0, 0.05) is 0 Å². The minimum absolute atomic E-state index is 0.144. The summed E-state index contributed by atoms with van der Waals surface area (Å²) in [4.78, 5) is 34.6. The molecule has 1 N–H and O–H groups in total. The third kappa shape index (κ3) is 0.936. The van der Waals surface area contributed by atoms with Crippen molar-refractivity contribution in [2.24, 2.45) is 23.2 Å². The number of esters is 2. The molecule has 0 aromatic carbocycles. The Bertz CT molecular complexity index is 391. The molecular formula is C11H12O5. The standard InChI is InChI=1S/C11H12O5/c12-8-6-5-1-3-11(4-2-5,10(14)15)7(6)9(13)16-8/h5-7H,1-4H2,(H,14,15). The number of fused-ring (bicyclic) bond motifs is 2. The average Bonchev–Trinajstić information content (AvgIpc) is 2.58. The van der Waals surface area contributed by atoms with E-state index in [1.165, 1.54) is 0 Å². The van der Waals surface area contributed by atoms with Gasteiger partial charge in [-0.25, -0.2) is 0 Å². The van der Waals surface area contributed by atoms with Crippen molar-refractivity contribution in [1.82, 2.24) is 0 Å². The summed E-state index contributed by atoms with van der Waals surface area (Å²) in [5.74, 6) is -3.17. The summed E-state index contributed by atoms with van der Waals surface area (Å²) in [7, 11) is 0. The third-order valence-corrected chi connectivity index (χ3v) is 4.54. The quantitative estimate of drug-likeness (QED) is 0.520. The molecule has 4 rings (SSSR count). The highest BCUT2D eigenvalue weighted by molar-refractivity contribution is 6.00. The number of carbonyl (C=O) groups excluding carboxylic acids is 2. The minimum Gasteiger partial charge on any atom is -0.481 e. The van der Waals surface area contributed by atoms with E-state index in [0.717, 1.165) is 12.8 Å². The molecule has 1 saturated heterocycles. The van der Waals surface area contributed by atoms with Gasteiger partial charge in [0.25, 0.3) is 0 Å². The highest BCUT2D eigenvalue weighted by Crippen LogP contribution is 2.59. The van der Waals surface area contributed by atoms with Gasteiger partial charge in [-0.05, 0) is 31.6 Å². The van der Waals surface area contributed by atoms with Crippen LogP contribution in [0.3, 0.4) is 0 Å². The van der Waals surface area contributed by atoms with Crippen LogP contribution in [-0.4, -0.2) is 23.0 Å². The van der Waals surface area contributed by atoms with Crippen LogP contribution in [0.2, 0.25) is 0 Å². The lowest BCUT2D eigenvalue weighted by Gasteiger charge is -2.48. The first-order chi connectivity index (χ1) is 7.56. The maximum absolute atomic E-state index is 11.6. The Morgan fingerprint density at radius 1 is 1.25 bits per heavy atom. The molecule has 3 saturated carbocycles. The summed E-state index contributed by atoms with van der Waals surface area (Å²) in [6.45, 7) is 0. The lowest BCUT2D eigenvalue weighted by Crippen LogP contribution is -2.53. The predicted molar refractivity (Wildman–Crippen MR) is 50.1 cm³/mol. The monoisotopic (exact) mass is 224 g/mol. The normalized spacial score (nSPS) is 45.4. The van der Waals surface area contributed by atoms with Gasteiger partial charge in [0.15, 0.2) is 0 Å². The summed E-state index contributed by atoms with van der Waals surface area (Å²) in [5, 5.41) is 9.35. The van der Waals surface area contributed by atoms with Crippen LogP contribution in [0.5, 0.6) is 0 Å². The number of carboxylic acids is 1.